The summed E-state index contributed by atoms with van der Waals surface area (Å²) in [6.45, 7) is 7.33. The monoisotopic (exact) mass is 362 g/mol. The molecular formula is C20H30N2O4. The van der Waals surface area contributed by atoms with E-state index >= 15 is 0 Å². The highest BCUT2D eigenvalue weighted by Gasteiger charge is 2.53. The molecule has 6 nitrogen and oxygen atoms in total. The number of aliphatic hydroxyl groups is 1. The molecule has 0 spiro atoms. The molecule has 1 aliphatic heterocycles. The lowest BCUT2D eigenvalue weighted by atomic mass is 9.74. The van der Waals surface area contributed by atoms with Gasteiger partial charge in [0.2, 0.25) is 0 Å². The summed E-state index contributed by atoms with van der Waals surface area (Å²) in [5, 5.41) is 11.2. The van der Waals surface area contributed by atoms with Crippen LogP contribution in [0.3, 0.4) is 0 Å². The summed E-state index contributed by atoms with van der Waals surface area (Å²) in [5.41, 5.74) is 5.92. The van der Waals surface area contributed by atoms with Crippen molar-refractivity contribution in [1.29, 1.82) is 0 Å². The summed E-state index contributed by atoms with van der Waals surface area (Å²) in [6, 6.07) is 1.86. The average Bonchev–Trinajstić information content (AvgIpc) is 3.32. The van der Waals surface area contributed by atoms with Crippen molar-refractivity contribution in [3.8, 4) is 0 Å². The van der Waals surface area contributed by atoms with Crippen LogP contribution in [0.15, 0.2) is 18.5 Å². The van der Waals surface area contributed by atoms with Crippen LogP contribution >= 0.6 is 0 Å². The largest absolute Gasteiger partial charge is 0.460 e. The fraction of sp³-hybridized carbons (Fsp3) is 0.700. The van der Waals surface area contributed by atoms with Crippen LogP contribution in [0.1, 0.15) is 65.0 Å². The van der Waals surface area contributed by atoms with E-state index in [1.54, 1.807) is 19.3 Å². The molecule has 0 amide bonds. The third-order valence-electron chi connectivity index (χ3n) is 5.33. The van der Waals surface area contributed by atoms with E-state index in [0.717, 1.165) is 18.4 Å². The topological polar surface area (TPSA) is 94.7 Å². The molecule has 144 valence electrons. The zero-order chi connectivity index (χ0) is 19.1. The average molecular weight is 362 g/mol. The Kier molecular flexibility index (Phi) is 5.01. The lowest BCUT2D eigenvalue weighted by Crippen LogP contribution is -2.54. The Morgan fingerprint density at radius 1 is 1.46 bits per heavy atom. The predicted molar refractivity (Wildman–Crippen MR) is 98.2 cm³/mol. The van der Waals surface area contributed by atoms with Gasteiger partial charge in [0.05, 0.1) is 36.1 Å². The number of hydrogen-bond donors (Lipinski definition) is 2. The zero-order valence-electron chi connectivity index (χ0n) is 16.1. The molecule has 0 bridgehead atoms. The molecule has 2 aliphatic rings. The predicted octanol–water partition coefficient (Wildman–Crippen LogP) is 3.00. The van der Waals surface area contributed by atoms with Gasteiger partial charge >= 0.3 is 5.97 Å². The van der Waals surface area contributed by atoms with Gasteiger partial charge in [-0.05, 0) is 58.9 Å². The molecule has 3 N–H and O–H groups in total. The summed E-state index contributed by atoms with van der Waals surface area (Å²) in [7, 11) is 0. The molecule has 1 saturated heterocycles. The number of nitrogens with two attached hydrogens (primary N) is 1. The van der Waals surface area contributed by atoms with Crippen LogP contribution in [-0.4, -0.2) is 33.4 Å². The number of rotatable bonds is 4. The molecule has 2 fully saturated rings. The Balaban J connectivity index is 1.83. The van der Waals surface area contributed by atoms with Crippen LogP contribution < -0.4 is 5.73 Å². The quantitative estimate of drug-likeness (QED) is 0.800. The molecule has 2 heterocycles. The van der Waals surface area contributed by atoms with Crippen molar-refractivity contribution in [1.82, 2.24) is 4.98 Å². The van der Waals surface area contributed by atoms with Crippen molar-refractivity contribution < 1.29 is 19.4 Å². The maximum atomic E-state index is 12.4. The Labute approximate surface area is 155 Å². The number of carbonyl (C=O) groups excluding carboxylic acids is 1. The molecule has 1 saturated carbocycles. The van der Waals surface area contributed by atoms with E-state index in [-0.39, 0.29) is 30.5 Å². The van der Waals surface area contributed by atoms with E-state index in [9.17, 15) is 9.90 Å². The molecule has 4 atom stereocenters. The zero-order valence-corrected chi connectivity index (χ0v) is 16.1. The highest BCUT2D eigenvalue weighted by Crippen LogP contribution is 2.50. The molecule has 1 aliphatic carbocycles. The Morgan fingerprint density at radius 2 is 2.15 bits per heavy atom. The first-order chi connectivity index (χ1) is 12.1. The van der Waals surface area contributed by atoms with Crippen molar-refractivity contribution >= 4 is 11.7 Å². The summed E-state index contributed by atoms with van der Waals surface area (Å²) in [4.78, 5) is 16.4. The number of pyridine rings is 1. The van der Waals surface area contributed by atoms with Gasteiger partial charge in [-0.15, -0.1) is 0 Å². The van der Waals surface area contributed by atoms with Gasteiger partial charge < -0.3 is 20.3 Å². The van der Waals surface area contributed by atoms with Gasteiger partial charge in [0.1, 0.15) is 5.60 Å². The molecule has 0 unspecified atom stereocenters. The van der Waals surface area contributed by atoms with E-state index < -0.39 is 11.2 Å². The Bertz CT molecular complexity index is 664. The lowest BCUT2D eigenvalue weighted by molar-refractivity contribution is -0.212. The minimum Gasteiger partial charge on any atom is -0.460 e. The molecular weight excluding hydrogens is 332 g/mol. The first-order valence-electron chi connectivity index (χ1n) is 9.37. The van der Waals surface area contributed by atoms with E-state index in [4.69, 9.17) is 15.2 Å². The van der Waals surface area contributed by atoms with Crippen LogP contribution in [-0.2, 0) is 14.3 Å². The molecule has 3 rings (SSSR count). The van der Waals surface area contributed by atoms with Crippen LogP contribution in [0.5, 0.6) is 0 Å². The first kappa shape index (κ1) is 19.1. The van der Waals surface area contributed by atoms with Gasteiger partial charge in [-0.25, -0.2) is 0 Å². The number of nitrogens with zero attached hydrogens (tertiary/aromatic N) is 1. The second kappa shape index (κ2) is 6.82. The smallest absolute Gasteiger partial charge is 0.306 e. The third-order valence-corrected chi connectivity index (χ3v) is 5.33. The molecule has 0 radical (unpaired) electrons. The molecule has 1 aromatic rings. The van der Waals surface area contributed by atoms with Crippen molar-refractivity contribution in [2.75, 3.05) is 5.73 Å². The summed E-state index contributed by atoms with van der Waals surface area (Å²) in [6.07, 6.45) is 5.51. The number of nitrogen functional groups attached to an aromatic ring is 1. The van der Waals surface area contributed by atoms with Gasteiger partial charge in [0, 0.05) is 17.7 Å². The number of anilines is 1. The lowest BCUT2D eigenvalue weighted by Gasteiger charge is -2.47. The second-order valence-corrected chi connectivity index (χ2v) is 8.84. The maximum Gasteiger partial charge on any atom is 0.306 e. The summed E-state index contributed by atoms with van der Waals surface area (Å²) < 4.78 is 11.8. The van der Waals surface area contributed by atoms with Crippen molar-refractivity contribution in [2.45, 2.75) is 76.8 Å². The number of carbonyl (C=O) groups is 1. The molecule has 6 heteroatoms. The SMILES string of the molecule is CC(C)(C)OC(=O)C[C@@H]1C[C@H](c2ccncc2N)O[C@H](C2CC2)[C@@]1(C)O. The number of ether oxygens (including phenoxy) is 2. The number of aromatic nitrogens is 1. The normalized spacial score (nSPS) is 32.3. The highest BCUT2D eigenvalue weighted by molar-refractivity contribution is 5.70. The van der Waals surface area contributed by atoms with Crippen LogP contribution in [0.25, 0.3) is 0 Å². The van der Waals surface area contributed by atoms with Crippen molar-refractivity contribution in [3.63, 3.8) is 0 Å². The second-order valence-electron chi connectivity index (χ2n) is 8.84. The fourth-order valence-electron chi connectivity index (χ4n) is 3.87. The molecule has 26 heavy (non-hydrogen) atoms. The Morgan fingerprint density at radius 3 is 2.73 bits per heavy atom. The fourth-order valence-corrected chi connectivity index (χ4v) is 3.87. The van der Waals surface area contributed by atoms with Gasteiger partial charge in [0.15, 0.2) is 0 Å². The van der Waals surface area contributed by atoms with E-state index in [1.165, 1.54) is 0 Å². The van der Waals surface area contributed by atoms with Crippen molar-refractivity contribution in [2.24, 2.45) is 11.8 Å². The van der Waals surface area contributed by atoms with Crippen LogP contribution in [0.4, 0.5) is 5.69 Å². The van der Waals surface area contributed by atoms with E-state index in [0.29, 0.717) is 18.0 Å². The van der Waals surface area contributed by atoms with E-state index in [1.807, 2.05) is 26.8 Å². The van der Waals surface area contributed by atoms with Gasteiger partial charge in [-0.3, -0.25) is 9.78 Å². The van der Waals surface area contributed by atoms with Crippen LogP contribution in [0.2, 0.25) is 0 Å². The third kappa shape index (κ3) is 4.18. The molecule has 1 aromatic heterocycles. The van der Waals surface area contributed by atoms with Gasteiger partial charge in [-0.1, -0.05) is 0 Å². The maximum absolute atomic E-state index is 12.4. The number of hydrogen-bond acceptors (Lipinski definition) is 6. The Hall–Kier alpha value is -1.66. The first-order valence-corrected chi connectivity index (χ1v) is 9.37. The minimum atomic E-state index is -1.07. The summed E-state index contributed by atoms with van der Waals surface area (Å²) in [5.74, 6) is -0.216. The highest BCUT2D eigenvalue weighted by atomic mass is 16.6. The van der Waals surface area contributed by atoms with Gasteiger partial charge in [0.25, 0.3) is 0 Å². The van der Waals surface area contributed by atoms with Crippen molar-refractivity contribution in [3.05, 3.63) is 24.0 Å². The number of esters is 1. The van der Waals surface area contributed by atoms with E-state index in [2.05, 4.69) is 4.98 Å². The minimum absolute atomic E-state index is 0.165. The van der Waals surface area contributed by atoms with Gasteiger partial charge in [-0.2, -0.15) is 0 Å². The molecule has 0 aromatic carbocycles. The summed E-state index contributed by atoms with van der Waals surface area (Å²) >= 11 is 0. The van der Waals surface area contributed by atoms with Crippen LogP contribution in [0, 0.1) is 11.8 Å². The standard InChI is InChI=1S/C20H30N2O4/c1-19(2,3)26-17(23)10-13-9-16(14-7-8-22-11-15(14)21)25-18(12-5-6-12)20(13,4)24/h7-8,11-13,16,18,24H,5-6,9-10,21H2,1-4H3/t13-,16+,18+,20-/m0/s1.